The smallest absolute Gasteiger partial charge is 0.201 e. The van der Waals surface area contributed by atoms with E-state index in [1.165, 1.54) is 29.5 Å². The van der Waals surface area contributed by atoms with Gasteiger partial charge in [-0.15, -0.1) is 11.3 Å². The van der Waals surface area contributed by atoms with Crippen LogP contribution in [0.4, 0.5) is 13.2 Å². The summed E-state index contributed by atoms with van der Waals surface area (Å²) >= 11 is 1.48. The van der Waals surface area contributed by atoms with Crippen molar-refractivity contribution >= 4 is 11.3 Å². The molecular formula is C22H21F3OS. The number of unbranched alkanes of at least 4 members (excludes halogenated alkanes) is 2. The van der Waals surface area contributed by atoms with Crippen molar-refractivity contribution in [2.45, 2.75) is 33.1 Å². The first-order valence-electron chi connectivity index (χ1n) is 8.98. The van der Waals surface area contributed by atoms with Crippen molar-refractivity contribution in [1.29, 1.82) is 0 Å². The summed E-state index contributed by atoms with van der Waals surface area (Å²) in [6.45, 7) is 4.34. The summed E-state index contributed by atoms with van der Waals surface area (Å²) in [6.07, 6.45) is 2.78. The summed E-state index contributed by atoms with van der Waals surface area (Å²) in [7, 11) is 0. The number of halogens is 3. The second-order valence-corrected chi connectivity index (χ2v) is 7.69. The van der Waals surface area contributed by atoms with Crippen molar-refractivity contribution in [2.75, 3.05) is 6.61 Å². The zero-order valence-corrected chi connectivity index (χ0v) is 16.1. The maximum atomic E-state index is 14.5. The van der Waals surface area contributed by atoms with Gasteiger partial charge in [-0.2, -0.15) is 4.39 Å². The molecule has 0 fully saturated rings. The van der Waals surface area contributed by atoms with Crippen LogP contribution < -0.4 is 4.74 Å². The van der Waals surface area contributed by atoms with E-state index in [0.717, 1.165) is 29.0 Å². The van der Waals surface area contributed by atoms with E-state index in [4.69, 9.17) is 4.74 Å². The zero-order chi connectivity index (χ0) is 19.4. The zero-order valence-electron chi connectivity index (χ0n) is 15.3. The molecule has 0 aliphatic heterocycles. The van der Waals surface area contributed by atoms with E-state index in [0.29, 0.717) is 17.7 Å². The molecule has 27 heavy (non-hydrogen) atoms. The van der Waals surface area contributed by atoms with Gasteiger partial charge >= 0.3 is 0 Å². The Hall–Kier alpha value is -2.27. The van der Waals surface area contributed by atoms with E-state index in [-0.39, 0.29) is 11.3 Å². The minimum atomic E-state index is -1.04. The predicted molar refractivity (Wildman–Crippen MR) is 105 cm³/mol. The average Bonchev–Trinajstić information content (AvgIpc) is 3.08. The molecule has 142 valence electrons. The SMILES string of the molecule is CCCCCOc1ccc(-c2ccc(-c3ccc(C)s3)c(F)c2)c(F)c1F. The Kier molecular flexibility index (Phi) is 6.22. The Labute approximate surface area is 161 Å². The highest BCUT2D eigenvalue weighted by Crippen LogP contribution is 2.34. The van der Waals surface area contributed by atoms with Crippen molar-refractivity contribution in [1.82, 2.24) is 0 Å². The monoisotopic (exact) mass is 390 g/mol. The highest BCUT2D eigenvalue weighted by molar-refractivity contribution is 7.15. The minimum Gasteiger partial charge on any atom is -0.490 e. The molecule has 1 heterocycles. The molecule has 0 radical (unpaired) electrons. The second kappa shape index (κ2) is 8.61. The van der Waals surface area contributed by atoms with Crippen molar-refractivity contribution in [3.63, 3.8) is 0 Å². The van der Waals surface area contributed by atoms with Crippen molar-refractivity contribution < 1.29 is 17.9 Å². The second-order valence-electron chi connectivity index (χ2n) is 6.40. The van der Waals surface area contributed by atoms with Crippen molar-refractivity contribution in [3.8, 4) is 27.3 Å². The van der Waals surface area contributed by atoms with E-state index >= 15 is 0 Å². The molecule has 0 spiro atoms. The van der Waals surface area contributed by atoms with Crippen LogP contribution in [0.2, 0.25) is 0 Å². The fraction of sp³-hybridized carbons (Fsp3) is 0.273. The third kappa shape index (κ3) is 4.35. The van der Waals surface area contributed by atoms with Crippen LogP contribution in [0.3, 0.4) is 0 Å². The van der Waals surface area contributed by atoms with Crippen LogP contribution >= 0.6 is 11.3 Å². The standard InChI is InChI=1S/C22H21F3OS/c1-3-4-5-12-26-19-10-9-16(21(24)22(19)25)15-7-8-17(18(23)13-15)20-11-6-14(2)27-20/h6-11,13H,3-5,12H2,1-2H3. The predicted octanol–water partition coefficient (Wildman–Crippen LogP) is 7.38. The van der Waals surface area contributed by atoms with Crippen LogP contribution in [-0.4, -0.2) is 6.61 Å². The molecule has 3 aromatic rings. The third-order valence-corrected chi connectivity index (χ3v) is 5.37. The summed E-state index contributed by atoms with van der Waals surface area (Å²) in [5.74, 6) is -2.64. The van der Waals surface area contributed by atoms with Gasteiger partial charge in [0.05, 0.1) is 6.61 Å². The maximum Gasteiger partial charge on any atom is 0.201 e. The summed E-state index contributed by atoms with van der Waals surface area (Å²) in [4.78, 5) is 1.88. The first-order chi connectivity index (χ1) is 13.0. The lowest BCUT2D eigenvalue weighted by Crippen LogP contribution is -2.01. The average molecular weight is 390 g/mol. The highest BCUT2D eigenvalue weighted by atomic mass is 32.1. The number of ether oxygens (including phenoxy) is 1. The van der Waals surface area contributed by atoms with Crippen LogP contribution in [0.5, 0.6) is 5.75 Å². The topological polar surface area (TPSA) is 9.23 Å². The summed E-state index contributed by atoms with van der Waals surface area (Å²) in [5, 5.41) is 0. The molecule has 0 saturated carbocycles. The van der Waals surface area contributed by atoms with E-state index in [9.17, 15) is 13.2 Å². The van der Waals surface area contributed by atoms with Gasteiger partial charge in [0.25, 0.3) is 0 Å². The fourth-order valence-electron chi connectivity index (χ4n) is 2.86. The van der Waals surface area contributed by atoms with E-state index in [1.54, 1.807) is 12.1 Å². The third-order valence-electron chi connectivity index (χ3n) is 4.34. The molecule has 0 unspecified atom stereocenters. The quantitative estimate of drug-likeness (QED) is 0.383. The molecule has 3 rings (SSSR count). The summed E-state index contributed by atoms with van der Waals surface area (Å²) in [6, 6.07) is 11.0. The lowest BCUT2D eigenvalue weighted by Gasteiger charge is -2.11. The molecule has 1 aromatic heterocycles. The van der Waals surface area contributed by atoms with Gasteiger partial charge in [0.15, 0.2) is 11.6 Å². The van der Waals surface area contributed by atoms with Crippen LogP contribution in [0.25, 0.3) is 21.6 Å². The van der Waals surface area contributed by atoms with Crippen LogP contribution in [-0.2, 0) is 0 Å². The number of benzene rings is 2. The van der Waals surface area contributed by atoms with Gasteiger partial charge in [-0.3, -0.25) is 0 Å². The van der Waals surface area contributed by atoms with Crippen LogP contribution in [0, 0.1) is 24.4 Å². The van der Waals surface area contributed by atoms with Crippen LogP contribution in [0.1, 0.15) is 31.1 Å². The first kappa shape index (κ1) is 19.5. The van der Waals surface area contributed by atoms with Gasteiger partial charge in [-0.05, 0) is 55.3 Å². The van der Waals surface area contributed by atoms with E-state index in [2.05, 4.69) is 6.92 Å². The minimum absolute atomic E-state index is 0.0150. The molecule has 1 nitrogen and oxygen atoms in total. The molecule has 0 aliphatic rings. The Morgan fingerprint density at radius 3 is 2.33 bits per heavy atom. The lowest BCUT2D eigenvalue weighted by molar-refractivity contribution is 0.286. The molecular weight excluding hydrogens is 369 g/mol. The molecule has 0 atom stereocenters. The normalized spacial score (nSPS) is 11.0. The van der Waals surface area contributed by atoms with Gasteiger partial charge in [-0.25, -0.2) is 8.78 Å². The van der Waals surface area contributed by atoms with Crippen LogP contribution in [0.15, 0.2) is 42.5 Å². The molecule has 2 aromatic carbocycles. The first-order valence-corrected chi connectivity index (χ1v) is 9.80. The number of aryl methyl sites for hydroxylation is 1. The lowest BCUT2D eigenvalue weighted by atomic mass is 10.0. The molecule has 0 amide bonds. The Bertz CT molecular complexity index is 933. The number of hydrogen-bond donors (Lipinski definition) is 0. The Morgan fingerprint density at radius 2 is 1.67 bits per heavy atom. The maximum absolute atomic E-state index is 14.5. The van der Waals surface area contributed by atoms with E-state index in [1.807, 2.05) is 19.1 Å². The van der Waals surface area contributed by atoms with Gasteiger partial charge < -0.3 is 4.74 Å². The molecule has 5 heteroatoms. The number of rotatable bonds is 7. The number of hydrogen-bond acceptors (Lipinski definition) is 2. The van der Waals surface area contributed by atoms with Crippen molar-refractivity contribution in [2.24, 2.45) is 0 Å². The van der Waals surface area contributed by atoms with Gasteiger partial charge in [-0.1, -0.05) is 25.8 Å². The van der Waals surface area contributed by atoms with Gasteiger partial charge in [0.1, 0.15) is 5.82 Å². The molecule has 0 N–H and O–H groups in total. The number of thiophene rings is 1. The molecule has 0 aliphatic carbocycles. The molecule has 0 bridgehead atoms. The Morgan fingerprint density at radius 1 is 0.889 bits per heavy atom. The summed E-state index contributed by atoms with van der Waals surface area (Å²) in [5.41, 5.74) is 0.758. The molecule has 0 saturated heterocycles. The fourth-order valence-corrected chi connectivity index (χ4v) is 3.76. The summed E-state index contributed by atoms with van der Waals surface area (Å²) < 4.78 is 48.7. The Balaban J connectivity index is 1.86. The van der Waals surface area contributed by atoms with Crippen molar-refractivity contribution in [3.05, 3.63) is 64.8 Å². The van der Waals surface area contributed by atoms with Gasteiger partial charge in [0.2, 0.25) is 5.82 Å². The van der Waals surface area contributed by atoms with E-state index < -0.39 is 17.5 Å². The largest absolute Gasteiger partial charge is 0.490 e. The highest BCUT2D eigenvalue weighted by Gasteiger charge is 2.17. The van der Waals surface area contributed by atoms with Gasteiger partial charge in [0, 0.05) is 20.9 Å².